The van der Waals surface area contributed by atoms with E-state index in [-0.39, 0.29) is 0 Å². The van der Waals surface area contributed by atoms with Crippen molar-refractivity contribution in [1.29, 1.82) is 0 Å². The van der Waals surface area contributed by atoms with E-state index < -0.39 is 0 Å². The van der Waals surface area contributed by atoms with Crippen molar-refractivity contribution in [1.82, 2.24) is 4.98 Å². The lowest BCUT2D eigenvalue weighted by Crippen LogP contribution is -1.81. The van der Waals surface area contributed by atoms with E-state index in [9.17, 15) is 0 Å². The maximum Gasteiger partial charge on any atom is 0.120 e. The summed E-state index contributed by atoms with van der Waals surface area (Å²) in [6, 6.07) is 13.6. The van der Waals surface area contributed by atoms with Crippen LogP contribution >= 0.6 is 23.2 Å². The van der Waals surface area contributed by atoms with Gasteiger partial charge in [-0.2, -0.15) is 0 Å². The van der Waals surface area contributed by atoms with Crippen LogP contribution in [0.5, 0.6) is 5.75 Å². The third-order valence-electron chi connectivity index (χ3n) is 3.06. The van der Waals surface area contributed by atoms with Crippen LogP contribution in [0.1, 0.15) is 0 Å². The molecule has 0 spiro atoms. The van der Waals surface area contributed by atoms with E-state index in [0.29, 0.717) is 10.0 Å². The highest BCUT2D eigenvalue weighted by Crippen LogP contribution is 2.31. The Labute approximate surface area is 120 Å². The summed E-state index contributed by atoms with van der Waals surface area (Å²) in [5.74, 6) is 0.829. The van der Waals surface area contributed by atoms with Gasteiger partial charge in [0.2, 0.25) is 0 Å². The zero-order chi connectivity index (χ0) is 13.4. The van der Waals surface area contributed by atoms with Crippen molar-refractivity contribution < 1.29 is 4.74 Å². The van der Waals surface area contributed by atoms with Crippen molar-refractivity contribution in [2.45, 2.75) is 0 Å². The molecule has 19 heavy (non-hydrogen) atoms. The molecular weight excluding hydrogens is 281 g/mol. The zero-order valence-corrected chi connectivity index (χ0v) is 11.7. The number of hydrogen-bond acceptors (Lipinski definition) is 1. The lowest BCUT2D eigenvalue weighted by molar-refractivity contribution is 0.415. The maximum atomic E-state index is 6.04. The van der Waals surface area contributed by atoms with Crippen LogP contribution in [0.3, 0.4) is 0 Å². The smallest absolute Gasteiger partial charge is 0.120 e. The SMILES string of the molecule is COc1ccc2cc(-c3ccc(Cl)c(Cl)c3)[nH]c2c1. The van der Waals surface area contributed by atoms with Crippen LogP contribution in [-0.2, 0) is 0 Å². The molecule has 0 aliphatic carbocycles. The second-order valence-corrected chi connectivity index (χ2v) is 5.08. The van der Waals surface area contributed by atoms with Crippen molar-refractivity contribution in [2.75, 3.05) is 7.11 Å². The molecule has 1 heterocycles. The molecule has 3 rings (SSSR count). The maximum absolute atomic E-state index is 6.04. The van der Waals surface area contributed by atoms with Gasteiger partial charge in [-0.05, 0) is 35.9 Å². The Morgan fingerprint density at radius 3 is 2.53 bits per heavy atom. The normalized spacial score (nSPS) is 10.9. The Kier molecular flexibility index (Phi) is 3.13. The number of benzene rings is 2. The lowest BCUT2D eigenvalue weighted by Gasteiger charge is -2.00. The van der Waals surface area contributed by atoms with Gasteiger partial charge in [-0.15, -0.1) is 0 Å². The Morgan fingerprint density at radius 1 is 0.947 bits per heavy atom. The fraction of sp³-hybridized carbons (Fsp3) is 0.0667. The Bertz CT molecular complexity index is 749. The van der Waals surface area contributed by atoms with Crippen molar-refractivity contribution in [3.05, 3.63) is 52.5 Å². The van der Waals surface area contributed by atoms with Gasteiger partial charge in [0.1, 0.15) is 5.75 Å². The minimum Gasteiger partial charge on any atom is -0.497 e. The molecule has 0 fully saturated rings. The predicted octanol–water partition coefficient (Wildman–Crippen LogP) is 5.15. The summed E-state index contributed by atoms with van der Waals surface area (Å²) in [7, 11) is 1.66. The van der Waals surface area contributed by atoms with Crippen LogP contribution in [0.25, 0.3) is 22.2 Å². The van der Waals surface area contributed by atoms with Gasteiger partial charge >= 0.3 is 0 Å². The number of H-pyrrole nitrogens is 1. The summed E-state index contributed by atoms with van der Waals surface area (Å²) < 4.78 is 5.21. The molecular formula is C15H11Cl2NO. The number of ether oxygens (including phenoxy) is 1. The van der Waals surface area contributed by atoms with Crippen LogP contribution in [0.4, 0.5) is 0 Å². The highest BCUT2D eigenvalue weighted by molar-refractivity contribution is 6.42. The molecule has 96 valence electrons. The highest BCUT2D eigenvalue weighted by atomic mass is 35.5. The molecule has 0 saturated carbocycles. The molecule has 1 aromatic heterocycles. The molecule has 0 radical (unpaired) electrons. The Balaban J connectivity index is 2.11. The van der Waals surface area contributed by atoms with Crippen LogP contribution in [0, 0.1) is 0 Å². The highest BCUT2D eigenvalue weighted by Gasteiger charge is 2.06. The third-order valence-corrected chi connectivity index (χ3v) is 3.80. The van der Waals surface area contributed by atoms with E-state index >= 15 is 0 Å². The monoisotopic (exact) mass is 291 g/mol. The first kappa shape index (κ1) is 12.4. The van der Waals surface area contributed by atoms with E-state index in [4.69, 9.17) is 27.9 Å². The first-order chi connectivity index (χ1) is 9.17. The number of rotatable bonds is 2. The van der Waals surface area contributed by atoms with Crippen LogP contribution in [0.15, 0.2) is 42.5 Å². The van der Waals surface area contributed by atoms with Gasteiger partial charge in [0, 0.05) is 22.7 Å². The first-order valence-corrected chi connectivity index (χ1v) is 6.55. The second-order valence-electron chi connectivity index (χ2n) is 4.27. The van der Waals surface area contributed by atoms with Gasteiger partial charge in [-0.25, -0.2) is 0 Å². The lowest BCUT2D eigenvalue weighted by atomic mass is 10.1. The van der Waals surface area contributed by atoms with Gasteiger partial charge in [0.15, 0.2) is 0 Å². The van der Waals surface area contributed by atoms with Crippen molar-refractivity contribution in [3.8, 4) is 17.0 Å². The van der Waals surface area contributed by atoms with Crippen LogP contribution in [0.2, 0.25) is 10.0 Å². The van der Waals surface area contributed by atoms with Gasteiger partial charge < -0.3 is 9.72 Å². The molecule has 0 aliphatic heterocycles. The molecule has 1 N–H and O–H groups in total. The van der Waals surface area contributed by atoms with E-state index in [2.05, 4.69) is 11.1 Å². The minimum absolute atomic E-state index is 0.551. The largest absolute Gasteiger partial charge is 0.497 e. The molecule has 2 aromatic carbocycles. The Hall–Kier alpha value is -1.64. The zero-order valence-electron chi connectivity index (χ0n) is 10.2. The number of methoxy groups -OCH3 is 1. The number of hydrogen-bond donors (Lipinski definition) is 1. The summed E-state index contributed by atoms with van der Waals surface area (Å²) >= 11 is 12.0. The van der Waals surface area contributed by atoms with Gasteiger partial charge in [-0.1, -0.05) is 29.3 Å². The molecule has 0 unspecified atom stereocenters. The van der Waals surface area contributed by atoms with Crippen LogP contribution in [-0.4, -0.2) is 12.1 Å². The quantitative estimate of drug-likeness (QED) is 0.694. The third kappa shape index (κ3) is 2.29. The van der Waals surface area contributed by atoms with E-state index in [1.165, 1.54) is 0 Å². The standard InChI is InChI=1S/C15H11Cl2NO/c1-19-11-4-2-10-7-14(18-15(10)8-11)9-3-5-12(16)13(17)6-9/h2-8,18H,1H3. The van der Waals surface area contributed by atoms with E-state index in [1.807, 2.05) is 30.3 Å². The molecule has 0 aliphatic rings. The molecule has 2 nitrogen and oxygen atoms in total. The first-order valence-electron chi connectivity index (χ1n) is 5.79. The molecule has 0 saturated heterocycles. The molecule has 0 amide bonds. The summed E-state index contributed by atoms with van der Waals surface area (Å²) in [6.45, 7) is 0. The van der Waals surface area contributed by atoms with Gasteiger partial charge in [0.05, 0.1) is 17.2 Å². The topological polar surface area (TPSA) is 25.0 Å². The number of fused-ring (bicyclic) bond motifs is 1. The second kappa shape index (κ2) is 4.80. The number of halogens is 2. The fourth-order valence-corrected chi connectivity index (χ4v) is 2.35. The average Bonchev–Trinajstić information content (AvgIpc) is 2.84. The summed E-state index contributed by atoms with van der Waals surface area (Å²) in [5.41, 5.74) is 3.03. The average molecular weight is 292 g/mol. The predicted molar refractivity (Wildman–Crippen MR) is 80.3 cm³/mol. The van der Waals surface area contributed by atoms with Crippen molar-refractivity contribution in [2.24, 2.45) is 0 Å². The summed E-state index contributed by atoms with van der Waals surface area (Å²) in [6.07, 6.45) is 0. The van der Waals surface area contributed by atoms with Gasteiger partial charge in [0.25, 0.3) is 0 Å². The summed E-state index contributed by atoms with van der Waals surface area (Å²) in [4.78, 5) is 3.35. The number of aromatic amines is 1. The molecule has 0 bridgehead atoms. The van der Waals surface area contributed by atoms with Gasteiger partial charge in [-0.3, -0.25) is 0 Å². The fourth-order valence-electron chi connectivity index (χ4n) is 2.05. The molecule has 3 aromatic rings. The van der Waals surface area contributed by atoms with Crippen LogP contribution < -0.4 is 4.74 Å². The number of aromatic nitrogens is 1. The molecule has 0 atom stereocenters. The van der Waals surface area contributed by atoms with Crippen molar-refractivity contribution >= 4 is 34.1 Å². The Morgan fingerprint density at radius 2 is 1.79 bits per heavy atom. The number of nitrogens with one attached hydrogen (secondary N) is 1. The van der Waals surface area contributed by atoms with E-state index in [1.54, 1.807) is 13.2 Å². The minimum atomic E-state index is 0.551. The summed E-state index contributed by atoms with van der Waals surface area (Å²) in [5, 5.41) is 2.24. The molecule has 4 heteroatoms. The van der Waals surface area contributed by atoms with Crippen molar-refractivity contribution in [3.63, 3.8) is 0 Å². The van der Waals surface area contributed by atoms with E-state index in [0.717, 1.165) is 27.9 Å².